The van der Waals surface area contributed by atoms with Crippen LogP contribution in [0.1, 0.15) is 12.5 Å². The minimum Gasteiger partial charge on any atom is -0.305 e. The van der Waals surface area contributed by atoms with E-state index in [-0.39, 0.29) is 5.71 Å². The monoisotopic (exact) mass is 173 g/mol. The van der Waals surface area contributed by atoms with E-state index < -0.39 is 23.0 Å². The molecule has 0 heterocycles. The molecule has 0 saturated heterocycles. The average Bonchev–Trinajstić information content (AvgIpc) is 1.82. The van der Waals surface area contributed by atoms with E-state index in [9.17, 15) is 13.2 Å². The molecule has 64 valence electrons. The molecular weight excluding hydrogens is 167 g/mol. The molecule has 0 aliphatic heterocycles. The Morgan fingerprint density at radius 3 is 1.92 bits per heavy atom. The van der Waals surface area contributed by atoms with Crippen molar-refractivity contribution in [1.82, 2.24) is 0 Å². The molecule has 12 heavy (non-hydrogen) atoms. The van der Waals surface area contributed by atoms with Gasteiger partial charge in [0.1, 0.15) is 17.5 Å². The van der Waals surface area contributed by atoms with Crippen molar-refractivity contribution in [2.45, 2.75) is 6.92 Å². The van der Waals surface area contributed by atoms with Crippen LogP contribution in [0.15, 0.2) is 12.1 Å². The predicted octanol–water partition coefficient (Wildman–Crippen LogP) is 2.49. The van der Waals surface area contributed by atoms with Gasteiger partial charge in [-0.15, -0.1) is 0 Å². The Bertz CT molecular complexity index is 310. The van der Waals surface area contributed by atoms with Crippen molar-refractivity contribution in [2.75, 3.05) is 0 Å². The summed E-state index contributed by atoms with van der Waals surface area (Å²) >= 11 is 0. The van der Waals surface area contributed by atoms with Crippen LogP contribution < -0.4 is 0 Å². The fourth-order valence-electron chi connectivity index (χ4n) is 0.900. The molecule has 0 spiro atoms. The van der Waals surface area contributed by atoms with Gasteiger partial charge in [-0.3, -0.25) is 0 Å². The first-order valence-corrected chi connectivity index (χ1v) is 3.22. The highest BCUT2D eigenvalue weighted by Crippen LogP contribution is 2.14. The van der Waals surface area contributed by atoms with E-state index in [0.29, 0.717) is 12.1 Å². The number of rotatable bonds is 1. The largest absolute Gasteiger partial charge is 0.305 e. The summed E-state index contributed by atoms with van der Waals surface area (Å²) in [6.45, 7) is 1.24. The highest BCUT2D eigenvalue weighted by atomic mass is 19.1. The Morgan fingerprint density at radius 2 is 1.58 bits per heavy atom. The molecule has 0 bridgehead atoms. The van der Waals surface area contributed by atoms with E-state index in [0.717, 1.165) is 0 Å². The summed E-state index contributed by atoms with van der Waals surface area (Å²) in [5.41, 5.74) is -0.735. The molecule has 0 fully saturated rings. The molecule has 0 atom stereocenters. The zero-order chi connectivity index (χ0) is 9.30. The molecule has 0 aromatic heterocycles. The first-order valence-electron chi connectivity index (χ1n) is 3.22. The zero-order valence-corrected chi connectivity index (χ0v) is 6.29. The van der Waals surface area contributed by atoms with Gasteiger partial charge in [-0.1, -0.05) is 0 Å². The Kier molecular flexibility index (Phi) is 2.17. The second-order valence-electron chi connectivity index (χ2n) is 2.37. The van der Waals surface area contributed by atoms with E-state index in [1.807, 2.05) is 0 Å². The summed E-state index contributed by atoms with van der Waals surface area (Å²) in [7, 11) is 0. The number of hydrogen-bond acceptors (Lipinski definition) is 1. The van der Waals surface area contributed by atoms with Crippen molar-refractivity contribution in [1.29, 1.82) is 5.41 Å². The van der Waals surface area contributed by atoms with Gasteiger partial charge in [0.2, 0.25) is 0 Å². The Morgan fingerprint density at radius 1 is 1.17 bits per heavy atom. The summed E-state index contributed by atoms with van der Waals surface area (Å²) in [4.78, 5) is 0. The lowest BCUT2D eigenvalue weighted by Crippen LogP contribution is -2.02. The molecule has 0 amide bonds. The Balaban J connectivity index is 3.38. The van der Waals surface area contributed by atoms with Crippen LogP contribution >= 0.6 is 0 Å². The van der Waals surface area contributed by atoms with Gasteiger partial charge in [0.25, 0.3) is 0 Å². The highest BCUT2D eigenvalue weighted by molar-refractivity contribution is 5.96. The highest BCUT2D eigenvalue weighted by Gasteiger charge is 2.12. The topological polar surface area (TPSA) is 23.9 Å². The molecule has 1 N–H and O–H groups in total. The third-order valence-electron chi connectivity index (χ3n) is 1.38. The SMILES string of the molecule is CC(=N)c1c(F)cc(F)cc1F. The molecule has 1 aromatic carbocycles. The van der Waals surface area contributed by atoms with E-state index in [4.69, 9.17) is 5.41 Å². The van der Waals surface area contributed by atoms with Crippen LogP contribution in [-0.4, -0.2) is 5.71 Å². The van der Waals surface area contributed by atoms with Gasteiger partial charge in [-0.25, -0.2) is 13.2 Å². The maximum Gasteiger partial charge on any atom is 0.138 e. The molecule has 0 aliphatic rings. The summed E-state index contributed by atoms with van der Waals surface area (Å²) < 4.78 is 37.8. The third-order valence-corrected chi connectivity index (χ3v) is 1.38. The maximum absolute atomic E-state index is 12.7. The summed E-state index contributed by atoms with van der Waals surface area (Å²) in [5.74, 6) is -3.06. The molecule has 1 nitrogen and oxygen atoms in total. The first-order chi connectivity index (χ1) is 5.52. The Labute approximate surface area is 67.3 Å². The van der Waals surface area contributed by atoms with Crippen molar-refractivity contribution in [2.24, 2.45) is 0 Å². The summed E-state index contributed by atoms with van der Waals surface area (Å²) in [6.07, 6.45) is 0. The number of hydrogen-bond donors (Lipinski definition) is 1. The fraction of sp³-hybridized carbons (Fsp3) is 0.125. The van der Waals surface area contributed by atoms with E-state index in [1.54, 1.807) is 0 Å². The minimum atomic E-state index is -1.04. The average molecular weight is 173 g/mol. The van der Waals surface area contributed by atoms with Gasteiger partial charge in [0.15, 0.2) is 0 Å². The molecular formula is C8H6F3N. The van der Waals surface area contributed by atoms with E-state index in [1.165, 1.54) is 6.92 Å². The second-order valence-corrected chi connectivity index (χ2v) is 2.37. The first kappa shape index (κ1) is 8.77. The van der Waals surface area contributed by atoms with Gasteiger partial charge in [-0.2, -0.15) is 0 Å². The number of nitrogens with one attached hydrogen (secondary N) is 1. The quantitative estimate of drug-likeness (QED) is 0.631. The molecule has 1 rings (SSSR count). The fourth-order valence-corrected chi connectivity index (χ4v) is 0.900. The molecule has 1 aromatic rings. The van der Waals surface area contributed by atoms with Gasteiger partial charge < -0.3 is 5.41 Å². The van der Waals surface area contributed by atoms with Gasteiger partial charge in [-0.05, 0) is 6.92 Å². The third kappa shape index (κ3) is 1.47. The van der Waals surface area contributed by atoms with Crippen LogP contribution in [0.2, 0.25) is 0 Å². The van der Waals surface area contributed by atoms with Crippen molar-refractivity contribution >= 4 is 5.71 Å². The zero-order valence-electron chi connectivity index (χ0n) is 6.29. The predicted molar refractivity (Wildman–Crippen MR) is 38.8 cm³/mol. The van der Waals surface area contributed by atoms with Crippen LogP contribution in [0.25, 0.3) is 0 Å². The number of benzene rings is 1. The molecule has 0 saturated carbocycles. The summed E-state index contributed by atoms with van der Waals surface area (Å²) in [6, 6.07) is 1.10. The van der Waals surface area contributed by atoms with Crippen molar-refractivity contribution in [3.8, 4) is 0 Å². The smallest absolute Gasteiger partial charge is 0.138 e. The van der Waals surface area contributed by atoms with Crippen molar-refractivity contribution in [3.05, 3.63) is 35.1 Å². The number of halogens is 3. The lowest BCUT2D eigenvalue weighted by atomic mass is 10.1. The van der Waals surface area contributed by atoms with Gasteiger partial charge in [0, 0.05) is 17.8 Å². The molecule has 0 radical (unpaired) electrons. The maximum atomic E-state index is 12.7. The molecule has 0 unspecified atom stereocenters. The molecule has 4 heteroatoms. The standard InChI is InChI=1S/C8H6F3N/c1-4(12)8-6(10)2-5(9)3-7(8)11/h2-3,12H,1H3. The van der Waals surface area contributed by atoms with Crippen LogP contribution in [0.5, 0.6) is 0 Å². The van der Waals surface area contributed by atoms with Gasteiger partial charge >= 0.3 is 0 Å². The van der Waals surface area contributed by atoms with E-state index >= 15 is 0 Å². The molecule has 0 aliphatic carbocycles. The van der Waals surface area contributed by atoms with Crippen molar-refractivity contribution in [3.63, 3.8) is 0 Å². The van der Waals surface area contributed by atoms with Crippen LogP contribution in [0.3, 0.4) is 0 Å². The lowest BCUT2D eigenvalue weighted by Gasteiger charge is -2.01. The summed E-state index contributed by atoms with van der Waals surface area (Å²) in [5, 5.41) is 6.99. The Hall–Kier alpha value is -1.32. The van der Waals surface area contributed by atoms with Gasteiger partial charge in [0.05, 0.1) is 5.56 Å². The van der Waals surface area contributed by atoms with Crippen LogP contribution in [0, 0.1) is 22.9 Å². The van der Waals surface area contributed by atoms with E-state index in [2.05, 4.69) is 0 Å². The minimum absolute atomic E-state index is 0.259. The normalized spacial score (nSPS) is 10.0. The van der Waals surface area contributed by atoms with Crippen LogP contribution in [-0.2, 0) is 0 Å². The lowest BCUT2D eigenvalue weighted by molar-refractivity contribution is 0.540. The van der Waals surface area contributed by atoms with Crippen molar-refractivity contribution < 1.29 is 13.2 Å². The second kappa shape index (κ2) is 2.97. The van der Waals surface area contributed by atoms with Crippen LogP contribution in [0.4, 0.5) is 13.2 Å².